The number of nitrogens with one attached hydrogen (secondary N) is 1. The largest absolute Gasteiger partial charge is 0.380 e. The first kappa shape index (κ1) is 14.0. The minimum atomic E-state index is 0.561. The highest BCUT2D eigenvalue weighted by Crippen LogP contribution is 2.29. The van der Waals surface area contributed by atoms with E-state index in [4.69, 9.17) is 34.8 Å². The summed E-state index contributed by atoms with van der Waals surface area (Å²) in [4.78, 5) is 0. The van der Waals surface area contributed by atoms with Crippen molar-refractivity contribution in [1.82, 2.24) is 0 Å². The molecule has 2 aromatic rings. The van der Waals surface area contributed by atoms with Gasteiger partial charge in [0, 0.05) is 21.7 Å². The van der Waals surface area contributed by atoms with Crippen LogP contribution in [0.3, 0.4) is 0 Å². The summed E-state index contributed by atoms with van der Waals surface area (Å²) in [5, 5.41) is 5.11. The predicted molar refractivity (Wildman–Crippen MR) is 82.9 cm³/mol. The molecule has 0 bridgehead atoms. The number of hydrogen-bond donors (Lipinski definition) is 1. The molecule has 0 spiro atoms. The molecule has 0 radical (unpaired) electrons. The lowest BCUT2D eigenvalue weighted by atomic mass is 10.2. The van der Waals surface area contributed by atoms with E-state index < -0.39 is 0 Å². The Labute approximate surface area is 129 Å². The highest BCUT2D eigenvalue weighted by atomic mass is 79.9. The number of anilines is 1. The molecular weight excluding hydrogens is 356 g/mol. The van der Waals surface area contributed by atoms with Gasteiger partial charge < -0.3 is 5.32 Å². The number of halogens is 4. The summed E-state index contributed by atoms with van der Waals surface area (Å²) in [6.07, 6.45) is 0. The van der Waals surface area contributed by atoms with Crippen molar-refractivity contribution in [3.05, 3.63) is 61.5 Å². The zero-order valence-corrected chi connectivity index (χ0v) is 13.0. The Balaban J connectivity index is 2.14. The second kappa shape index (κ2) is 6.16. The quantitative estimate of drug-likeness (QED) is 0.701. The van der Waals surface area contributed by atoms with E-state index in [9.17, 15) is 0 Å². The average Bonchev–Trinajstić information content (AvgIpc) is 2.33. The molecule has 0 aromatic heterocycles. The third-order valence-electron chi connectivity index (χ3n) is 2.43. The first-order valence-corrected chi connectivity index (χ1v) is 7.12. The van der Waals surface area contributed by atoms with Crippen LogP contribution in [0.2, 0.25) is 15.1 Å². The highest BCUT2D eigenvalue weighted by Gasteiger charge is 2.05. The van der Waals surface area contributed by atoms with Gasteiger partial charge in [0.1, 0.15) is 0 Å². The molecule has 0 heterocycles. The molecule has 1 nitrogen and oxygen atoms in total. The van der Waals surface area contributed by atoms with Gasteiger partial charge in [0.05, 0.1) is 10.0 Å². The fraction of sp³-hybridized carbons (Fsp3) is 0.0769. The van der Waals surface area contributed by atoms with Crippen molar-refractivity contribution < 1.29 is 0 Å². The fourth-order valence-electron chi connectivity index (χ4n) is 1.51. The van der Waals surface area contributed by atoms with Crippen molar-refractivity contribution in [2.75, 3.05) is 5.32 Å². The second-order valence-corrected chi connectivity index (χ2v) is 5.77. The van der Waals surface area contributed by atoms with Crippen molar-refractivity contribution in [3.8, 4) is 0 Å². The molecule has 18 heavy (non-hydrogen) atoms. The molecule has 0 aliphatic heterocycles. The van der Waals surface area contributed by atoms with E-state index in [0.717, 1.165) is 15.7 Å². The van der Waals surface area contributed by atoms with Crippen LogP contribution in [0, 0.1) is 0 Å². The Hall–Kier alpha value is -0.410. The van der Waals surface area contributed by atoms with Crippen molar-refractivity contribution in [3.63, 3.8) is 0 Å². The van der Waals surface area contributed by atoms with E-state index >= 15 is 0 Å². The molecule has 0 saturated heterocycles. The summed E-state index contributed by atoms with van der Waals surface area (Å²) in [7, 11) is 0. The van der Waals surface area contributed by atoms with Crippen LogP contribution in [-0.2, 0) is 6.54 Å². The van der Waals surface area contributed by atoms with Gasteiger partial charge in [-0.3, -0.25) is 0 Å². The summed E-state index contributed by atoms with van der Waals surface area (Å²) in [6, 6.07) is 11.2. The Kier molecular flexibility index (Phi) is 4.79. The summed E-state index contributed by atoms with van der Waals surface area (Å²) < 4.78 is 0.910. The van der Waals surface area contributed by atoms with Crippen molar-refractivity contribution in [1.29, 1.82) is 0 Å². The average molecular weight is 365 g/mol. The molecule has 0 aliphatic rings. The third kappa shape index (κ3) is 3.33. The molecule has 1 N–H and O–H groups in total. The SMILES string of the molecule is Clc1ccc(NCc2cccc(Cl)c2Cl)c(Br)c1. The monoisotopic (exact) mass is 363 g/mol. The Morgan fingerprint density at radius 2 is 1.83 bits per heavy atom. The summed E-state index contributed by atoms with van der Waals surface area (Å²) in [5.41, 5.74) is 1.90. The maximum Gasteiger partial charge on any atom is 0.0642 e. The zero-order chi connectivity index (χ0) is 13.1. The van der Waals surface area contributed by atoms with Crippen molar-refractivity contribution >= 4 is 56.4 Å². The lowest BCUT2D eigenvalue weighted by Gasteiger charge is -2.10. The highest BCUT2D eigenvalue weighted by molar-refractivity contribution is 9.10. The van der Waals surface area contributed by atoms with Crippen LogP contribution >= 0.6 is 50.7 Å². The van der Waals surface area contributed by atoms with Crippen LogP contribution in [0.1, 0.15) is 5.56 Å². The van der Waals surface area contributed by atoms with Crippen LogP contribution in [0.5, 0.6) is 0 Å². The van der Waals surface area contributed by atoms with Crippen LogP contribution in [0.25, 0.3) is 0 Å². The molecule has 94 valence electrons. The van der Waals surface area contributed by atoms with Crippen molar-refractivity contribution in [2.45, 2.75) is 6.54 Å². The van der Waals surface area contributed by atoms with E-state index in [2.05, 4.69) is 21.2 Å². The summed E-state index contributed by atoms with van der Waals surface area (Å²) in [5.74, 6) is 0. The first-order chi connectivity index (χ1) is 8.58. The minimum absolute atomic E-state index is 0.561. The molecule has 0 amide bonds. The van der Waals surface area contributed by atoms with E-state index in [1.807, 2.05) is 30.3 Å². The maximum atomic E-state index is 6.12. The normalized spacial score (nSPS) is 10.4. The van der Waals surface area contributed by atoms with Gasteiger partial charge >= 0.3 is 0 Å². The molecule has 0 unspecified atom stereocenters. The van der Waals surface area contributed by atoms with Crippen LogP contribution in [0.15, 0.2) is 40.9 Å². The molecule has 0 aliphatic carbocycles. The summed E-state index contributed by atoms with van der Waals surface area (Å²) >= 11 is 21.4. The van der Waals surface area contributed by atoms with Gasteiger partial charge in [-0.05, 0) is 45.8 Å². The van der Waals surface area contributed by atoms with Crippen molar-refractivity contribution in [2.24, 2.45) is 0 Å². The third-order valence-corrected chi connectivity index (χ3v) is 4.18. The van der Waals surface area contributed by atoms with Gasteiger partial charge in [0.2, 0.25) is 0 Å². The molecule has 2 rings (SSSR count). The molecule has 0 fully saturated rings. The number of benzene rings is 2. The van der Waals surface area contributed by atoms with E-state index in [1.165, 1.54) is 0 Å². The standard InChI is InChI=1S/C13H9BrCl3N/c14-10-6-9(15)4-5-12(10)18-7-8-2-1-3-11(16)13(8)17/h1-6,18H,7H2. The zero-order valence-electron chi connectivity index (χ0n) is 9.18. The molecular formula is C13H9BrCl3N. The molecule has 5 heteroatoms. The lowest BCUT2D eigenvalue weighted by molar-refractivity contribution is 1.15. The Morgan fingerprint density at radius 3 is 2.56 bits per heavy atom. The first-order valence-electron chi connectivity index (χ1n) is 5.20. The second-order valence-electron chi connectivity index (χ2n) is 3.69. The molecule has 2 aromatic carbocycles. The van der Waals surface area contributed by atoms with Gasteiger partial charge in [-0.15, -0.1) is 0 Å². The van der Waals surface area contributed by atoms with Crippen LogP contribution < -0.4 is 5.32 Å². The minimum Gasteiger partial charge on any atom is -0.380 e. The van der Waals surface area contributed by atoms with Gasteiger partial charge in [-0.2, -0.15) is 0 Å². The van der Waals surface area contributed by atoms with E-state index in [0.29, 0.717) is 21.6 Å². The Morgan fingerprint density at radius 1 is 1.06 bits per heavy atom. The lowest BCUT2D eigenvalue weighted by Crippen LogP contribution is -2.00. The van der Waals surface area contributed by atoms with Gasteiger partial charge in [0.25, 0.3) is 0 Å². The molecule has 0 atom stereocenters. The van der Waals surface area contributed by atoms with Gasteiger partial charge in [0.15, 0.2) is 0 Å². The van der Waals surface area contributed by atoms with Gasteiger partial charge in [-0.1, -0.05) is 46.9 Å². The predicted octanol–water partition coefficient (Wildman–Crippen LogP) is 6.02. The fourth-order valence-corrected chi connectivity index (χ4v) is 2.72. The topological polar surface area (TPSA) is 12.0 Å². The number of rotatable bonds is 3. The van der Waals surface area contributed by atoms with E-state index in [-0.39, 0.29) is 0 Å². The maximum absolute atomic E-state index is 6.12. The van der Waals surface area contributed by atoms with Gasteiger partial charge in [-0.25, -0.2) is 0 Å². The smallest absolute Gasteiger partial charge is 0.0642 e. The molecule has 0 saturated carbocycles. The number of hydrogen-bond acceptors (Lipinski definition) is 1. The van der Waals surface area contributed by atoms with E-state index in [1.54, 1.807) is 6.07 Å². The summed E-state index contributed by atoms with van der Waals surface area (Å²) in [6.45, 7) is 0.597. The van der Waals surface area contributed by atoms with Crippen LogP contribution in [-0.4, -0.2) is 0 Å². The van der Waals surface area contributed by atoms with Crippen LogP contribution in [0.4, 0.5) is 5.69 Å². The Bertz CT molecular complexity index is 572.